The number of rotatable bonds is 6. The summed E-state index contributed by atoms with van der Waals surface area (Å²) in [6.45, 7) is 2.23. The summed E-state index contributed by atoms with van der Waals surface area (Å²) in [5.74, 6) is 1.42. The normalized spacial score (nSPS) is 20.5. The lowest BCUT2D eigenvalue weighted by Gasteiger charge is -2.22. The number of ether oxygens (including phenoxy) is 1. The molecule has 1 unspecified atom stereocenters. The molecule has 0 amide bonds. The molecule has 1 saturated carbocycles. The lowest BCUT2D eigenvalue weighted by molar-refractivity contribution is 0.165. The quantitative estimate of drug-likeness (QED) is 0.821. The van der Waals surface area contributed by atoms with Crippen molar-refractivity contribution >= 4 is 0 Å². The van der Waals surface area contributed by atoms with Gasteiger partial charge in [0.05, 0.1) is 12.7 Å². The van der Waals surface area contributed by atoms with Crippen LogP contribution in [0.1, 0.15) is 66.2 Å². The van der Waals surface area contributed by atoms with E-state index in [0.717, 1.165) is 17.9 Å². The molecule has 1 aliphatic carbocycles. The lowest BCUT2D eigenvalue weighted by atomic mass is 9.90. The number of benzene rings is 1. The highest BCUT2D eigenvalue weighted by molar-refractivity contribution is 5.29. The second-order valence-corrected chi connectivity index (χ2v) is 5.46. The molecule has 0 radical (unpaired) electrons. The zero-order chi connectivity index (χ0) is 15.3. The summed E-state index contributed by atoms with van der Waals surface area (Å²) < 4.78 is 21.0. The maximum Gasteiger partial charge on any atom is 0.119 e. The Morgan fingerprint density at radius 1 is 1.37 bits per heavy atom. The van der Waals surface area contributed by atoms with Gasteiger partial charge in [0.25, 0.3) is 0 Å². The lowest BCUT2D eigenvalue weighted by Crippen LogP contribution is -2.15. The first-order valence-corrected chi connectivity index (χ1v) is 7.35. The van der Waals surface area contributed by atoms with Gasteiger partial charge in [-0.2, -0.15) is 0 Å². The van der Waals surface area contributed by atoms with Gasteiger partial charge in [0.2, 0.25) is 0 Å². The minimum Gasteiger partial charge on any atom is -0.493 e. The number of hydrogen-bond donors (Lipinski definition) is 1. The third kappa shape index (κ3) is 4.54. The molecule has 2 heteroatoms. The number of hydrogen-bond acceptors (Lipinski definition) is 2. The third-order valence-electron chi connectivity index (χ3n) is 3.85. The van der Waals surface area contributed by atoms with Crippen LogP contribution in [0.25, 0.3) is 0 Å². The van der Waals surface area contributed by atoms with E-state index in [1.165, 1.54) is 39.0 Å². The topological polar surface area (TPSA) is 29.5 Å². The molecule has 1 aliphatic rings. The Hall–Kier alpha value is -1.02. The smallest absolute Gasteiger partial charge is 0.119 e. The Bertz CT molecular complexity index is 437. The van der Waals surface area contributed by atoms with Crippen molar-refractivity contribution in [3.63, 3.8) is 0 Å². The summed E-state index contributed by atoms with van der Waals surface area (Å²) in [5, 5.41) is 10.1. The summed E-state index contributed by atoms with van der Waals surface area (Å²) in [6, 6.07) is 7.42. The van der Waals surface area contributed by atoms with E-state index in [0.29, 0.717) is 5.92 Å². The molecule has 1 N–H and O–H groups in total. The van der Waals surface area contributed by atoms with Crippen LogP contribution >= 0.6 is 0 Å². The summed E-state index contributed by atoms with van der Waals surface area (Å²) in [6.07, 6.45) is 4.38. The first-order valence-electron chi connectivity index (χ1n) is 8.35. The standard InChI is InChI=1S/C17H26O2/c1-2-7-17(18)15-10-6-11-16(12-15)19-13-14-8-4-3-5-9-14/h6,10-12,14,17-18H,2-5,7-9,13H2,1H3/i2D2. The monoisotopic (exact) mass is 264 g/mol. The van der Waals surface area contributed by atoms with Crippen LogP contribution in [-0.2, 0) is 0 Å². The van der Waals surface area contributed by atoms with Crippen molar-refractivity contribution in [2.24, 2.45) is 5.92 Å². The highest BCUT2D eigenvalue weighted by Gasteiger charge is 2.14. The molecular weight excluding hydrogens is 236 g/mol. The third-order valence-corrected chi connectivity index (χ3v) is 3.85. The molecule has 0 spiro atoms. The van der Waals surface area contributed by atoms with Crippen LogP contribution in [0.15, 0.2) is 24.3 Å². The fourth-order valence-electron chi connectivity index (χ4n) is 2.69. The molecule has 0 saturated heterocycles. The van der Waals surface area contributed by atoms with Crippen molar-refractivity contribution in [2.75, 3.05) is 6.61 Å². The van der Waals surface area contributed by atoms with Crippen molar-refractivity contribution in [3.05, 3.63) is 29.8 Å². The molecule has 0 aliphatic heterocycles. The van der Waals surface area contributed by atoms with E-state index in [1.54, 1.807) is 0 Å². The zero-order valence-electron chi connectivity index (χ0n) is 13.8. The van der Waals surface area contributed by atoms with Crippen molar-refractivity contribution in [1.82, 2.24) is 0 Å². The van der Waals surface area contributed by atoms with Crippen LogP contribution in [0, 0.1) is 5.92 Å². The molecule has 1 fully saturated rings. The van der Waals surface area contributed by atoms with Crippen LogP contribution in [0.4, 0.5) is 0 Å². The van der Waals surface area contributed by atoms with E-state index < -0.39 is 12.5 Å². The van der Waals surface area contributed by atoms with Gasteiger partial charge in [-0.05, 0) is 42.9 Å². The predicted octanol–water partition coefficient (Wildman–Crippen LogP) is 4.48. The summed E-state index contributed by atoms with van der Waals surface area (Å²) in [7, 11) is 0. The fraction of sp³-hybridized carbons (Fsp3) is 0.647. The maximum absolute atomic E-state index is 10.1. The summed E-state index contributed by atoms with van der Waals surface area (Å²) in [4.78, 5) is 0. The Morgan fingerprint density at radius 2 is 2.16 bits per heavy atom. The SMILES string of the molecule is [2H]C([2H])(C)CC(O)c1cccc(OCC2CCCCC2)c1. The average molecular weight is 264 g/mol. The van der Waals surface area contributed by atoms with Crippen LogP contribution in [0.5, 0.6) is 5.75 Å². The Labute approximate surface area is 119 Å². The van der Waals surface area contributed by atoms with Crippen molar-refractivity contribution < 1.29 is 12.6 Å². The highest BCUT2D eigenvalue weighted by Crippen LogP contribution is 2.26. The van der Waals surface area contributed by atoms with Gasteiger partial charge in [0, 0.05) is 2.74 Å². The van der Waals surface area contributed by atoms with Crippen LogP contribution in [0.2, 0.25) is 0 Å². The second kappa shape index (κ2) is 7.54. The van der Waals surface area contributed by atoms with E-state index in [2.05, 4.69) is 0 Å². The Kier molecular flexibility index (Phi) is 4.67. The first-order chi connectivity index (χ1) is 9.94. The predicted molar refractivity (Wildman–Crippen MR) is 78.4 cm³/mol. The van der Waals surface area contributed by atoms with E-state index in [4.69, 9.17) is 7.48 Å². The largest absolute Gasteiger partial charge is 0.493 e. The van der Waals surface area contributed by atoms with E-state index in [9.17, 15) is 5.11 Å². The maximum atomic E-state index is 10.1. The molecule has 0 heterocycles. The van der Waals surface area contributed by atoms with Gasteiger partial charge in [-0.25, -0.2) is 0 Å². The molecular formula is C17H26O2. The number of aliphatic hydroxyl groups is 1. The molecule has 1 aromatic carbocycles. The van der Waals surface area contributed by atoms with Gasteiger partial charge in [-0.1, -0.05) is 44.7 Å². The van der Waals surface area contributed by atoms with Gasteiger partial charge < -0.3 is 9.84 Å². The first kappa shape index (κ1) is 11.8. The van der Waals surface area contributed by atoms with Gasteiger partial charge in [0.1, 0.15) is 5.75 Å². The molecule has 106 valence electrons. The summed E-state index contributed by atoms with van der Waals surface area (Å²) in [5.41, 5.74) is 0.724. The number of aliphatic hydroxyl groups excluding tert-OH is 1. The molecule has 19 heavy (non-hydrogen) atoms. The molecule has 1 atom stereocenters. The average Bonchev–Trinajstić information content (AvgIpc) is 2.45. The Balaban J connectivity index is 1.90. The fourth-order valence-corrected chi connectivity index (χ4v) is 2.69. The van der Waals surface area contributed by atoms with Gasteiger partial charge in [-0.3, -0.25) is 0 Å². The van der Waals surface area contributed by atoms with Crippen molar-refractivity contribution in [2.45, 2.75) is 57.9 Å². The van der Waals surface area contributed by atoms with Crippen LogP contribution < -0.4 is 4.74 Å². The van der Waals surface area contributed by atoms with Crippen molar-refractivity contribution in [3.8, 4) is 5.75 Å². The zero-order valence-corrected chi connectivity index (χ0v) is 11.8. The molecule has 0 bridgehead atoms. The summed E-state index contributed by atoms with van der Waals surface area (Å²) >= 11 is 0. The van der Waals surface area contributed by atoms with Gasteiger partial charge in [0.15, 0.2) is 0 Å². The van der Waals surface area contributed by atoms with E-state index in [1.807, 2.05) is 24.3 Å². The molecule has 2 rings (SSSR count). The van der Waals surface area contributed by atoms with E-state index >= 15 is 0 Å². The molecule has 2 nitrogen and oxygen atoms in total. The van der Waals surface area contributed by atoms with Crippen LogP contribution in [0.3, 0.4) is 0 Å². The minimum atomic E-state index is -1.38. The van der Waals surface area contributed by atoms with Gasteiger partial charge in [-0.15, -0.1) is 0 Å². The van der Waals surface area contributed by atoms with Gasteiger partial charge >= 0.3 is 0 Å². The molecule has 0 aromatic heterocycles. The van der Waals surface area contributed by atoms with Crippen LogP contribution in [-0.4, -0.2) is 11.7 Å². The highest BCUT2D eigenvalue weighted by atomic mass is 16.5. The van der Waals surface area contributed by atoms with Crippen molar-refractivity contribution in [1.29, 1.82) is 0 Å². The Morgan fingerprint density at radius 3 is 2.89 bits per heavy atom. The van der Waals surface area contributed by atoms with E-state index in [-0.39, 0.29) is 6.42 Å². The molecule has 1 aromatic rings. The minimum absolute atomic E-state index is 0.0963. The second-order valence-electron chi connectivity index (χ2n) is 5.46.